The zero-order valence-corrected chi connectivity index (χ0v) is 23.2. The second kappa shape index (κ2) is 11.1. The number of hydrogen-bond acceptors (Lipinski definition) is 10. The van der Waals surface area contributed by atoms with Crippen LogP contribution in [-0.2, 0) is 38.0 Å². The van der Waals surface area contributed by atoms with Crippen LogP contribution in [0.1, 0.15) is 41.5 Å². The Morgan fingerprint density at radius 2 is 1.50 bits per heavy atom. The van der Waals surface area contributed by atoms with Crippen molar-refractivity contribution in [3.05, 3.63) is 46.8 Å². The normalized spacial score (nSPS) is 27.0. The van der Waals surface area contributed by atoms with Crippen molar-refractivity contribution in [2.75, 3.05) is 32.3 Å². The summed E-state index contributed by atoms with van der Waals surface area (Å²) in [6.45, 7) is 11.0. The van der Waals surface area contributed by atoms with Crippen molar-refractivity contribution in [2.45, 2.75) is 71.9 Å². The summed E-state index contributed by atoms with van der Waals surface area (Å²) >= 11 is 0. The van der Waals surface area contributed by atoms with E-state index in [0.717, 1.165) is 0 Å². The zero-order chi connectivity index (χ0) is 27.8. The molecule has 0 radical (unpaired) electrons. The molecule has 1 aromatic rings. The van der Waals surface area contributed by atoms with E-state index in [-0.39, 0.29) is 24.4 Å². The summed E-state index contributed by atoms with van der Waals surface area (Å²) in [7, 11) is 3.11. The van der Waals surface area contributed by atoms with Gasteiger partial charge in [0.2, 0.25) is 0 Å². The number of hydrogen-bond donors (Lipinski definition) is 0. The Labute approximate surface area is 223 Å². The van der Waals surface area contributed by atoms with E-state index in [0.29, 0.717) is 22.8 Å². The molecule has 0 spiro atoms. The summed E-state index contributed by atoms with van der Waals surface area (Å²) in [5.74, 6) is -2.30. The lowest BCUT2D eigenvalue weighted by molar-refractivity contribution is -0.220. The molecule has 0 unspecified atom stereocenters. The molecule has 0 amide bonds. The molecule has 208 valence electrons. The molecule has 0 N–H and O–H groups in total. The molecule has 0 saturated carbocycles. The molecule has 10 nitrogen and oxygen atoms in total. The van der Waals surface area contributed by atoms with Gasteiger partial charge in [0.15, 0.2) is 12.1 Å². The van der Waals surface area contributed by atoms with Gasteiger partial charge in [-0.05, 0) is 53.7 Å². The van der Waals surface area contributed by atoms with Gasteiger partial charge in [-0.25, -0.2) is 9.59 Å². The zero-order valence-electron chi connectivity index (χ0n) is 23.2. The minimum atomic E-state index is -0.870. The predicted octanol–water partition coefficient (Wildman–Crippen LogP) is 3.70. The number of fused-ring (bicyclic) bond motifs is 1. The van der Waals surface area contributed by atoms with Crippen molar-refractivity contribution in [1.29, 1.82) is 0 Å². The van der Waals surface area contributed by atoms with E-state index >= 15 is 0 Å². The summed E-state index contributed by atoms with van der Waals surface area (Å²) in [5, 5.41) is 0. The Balaban J connectivity index is 1.93. The van der Waals surface area contributed by atoms with Crippen LogP contribution < -0.4 is 9.64 Å². The van der Waals surface area contributed by atoms with Gasteiger partial charge in [0.05, 0.1) is 43.1 Å². The number of para-hydroxylation sites is 2. The number of benzene rings is 1. The maximum absolute atomic E-state index is 13.6. The van der Waals surface area contributed by atoms with Gasteiger partial charge in [0.1, 0.15) is 24.1 Å². The maximum atomic E-state index is 13.6. The van der Waals surface area contributed by atoms with Crippen LogP contribution >= 0.6 is 0 Å². The number of anilines is 1. The molecule has 1 aromatic carbocycles. The Bertz CT molecular complexity index is 1100. The number of carbonyl (C=O) groups is 2. The molecular weight excluding hydrogens is 494 g/mol. The van der Waals surface area contributed by atoms with E-state index in [1.807, 2.05) is 43.0 Å². The van der Waals surface area contributed by atoms with Gasteiger partial charge >= 0.3 is 11.9 Å². The SMILES string of the molecule is CCOC(=O)C1=C(C)N(c2ccccc2OC)C(C)=C(C(=O)OCC)C1[C@@H]1O[C@H]2OC(C)(C)O[C@H]2[C@@H]1OC. The number of methoxy groups -OCH3 is 2. The summed E-state index contributed by atoms with van der Waals surface area (Å²) < 4.78 is 40.9. The maximum Gasteiger partial charge on any atom is 0.336 e. The number of rotatable bonds is 8. The Morgan fingerprint density at radius 1 is 0.921 bits per heavy atom. The van der Waals surface area contributed by atoms with E-state index in [9.17, 15) is 9.59 Å². The van der Waals surface area contributed by atoms with E-state index < -0.39 is 48.2 Å². The molecule has 2 fully saturated rings. The highest BCUT2D eigenvalue weighted by Crippen LogP contribution is 2.49. The number of carbonyl (C=O) groups excluding carboxylic acids is 2. The Morgan fingerprint density at radius 3 is 2.03 bits per heavy atom. The first-order valence-corrected chi connectivity index (χ1v) is 12.8. The molecule has 10 heteroatoms. The van der Waals surface area contributed by atoms with Crippen LogP contribution in [0.4, 0.5) is 5.69 Å². The third-order valence-corrected chi connectivity index (χ3v) is 7.02. The van der Waals surface area contributed by atoms with E-state index in [1.54, 1.807) is 41.9 Å². The standard InChI is InChI=1S/C28H37NO9/c1-9-34-25(30)19-15(3)29(17-13-11-12-14-18(17)32-7)16(4)20(26(31)35-10-2)21(19)22-23(33-8)24-27(36-22)38-28(5,6)37-24/h11-14,21-24,27H,9-10H2,1-8H3/t22-,23+,24-,27-/m0/s1. The molecule has 4 atom stereocenters. The van der Waals surface area contributed by atoms with Crippen molar-refractivity contribution >= 4 is 17.6 Å². The fourth-order valence-electron chi connectivity index (χ4n) is 5.60. The Kier molecular flexibility index (Phi) is 8.17. The molecule has 0 aliphatic carbocycles. The van der Waals surface area contributed by atoms with Gasteiger partial charge in [-0.15, -0.1) is 0 Å². The van der Waals surface area contributed by atoms with Crippen LogP contribution in [-0.4, -0.2) is 69.8 Å². The average Bonchev–Trinajstić information content (AvgIpc) is 3.35. The largest absolute Gasteiger partial charge is 0.495 e. The molecule has 2 saturated heterocycles. The van der Waals surface area contributed by atoms with Gasteiger partial charge in [-0.1, -0.05) is 12.1 Å². The quantitative estimate of drug-likeness (QED) is 0.462. The highest BCUT2D eigenvalue weighted by Gasteiger charge is 2.60. The molecule has 4 rings (SSSR count). The van der Waals surface area contributed by atoms with Crippen LogP contribution in [0.25, 0.3) is 0 Å². The second-order valence-electron chi connectivity index (χ2n) is 9.69. The lowest BCUT2D eigenvalue weighted by Crippen LogP contribution is -2.46. The number of allylic oxidation sites excluding steroid dienone is 2. The van der Waals surface area contributed by atoms with Crippen LogP contribution in [0, 0.1) is 5.92 Å². The monoisotopic (exact) mass is 531 g/mol. The highest BCUT2D eigenvalue weighted by atomic mass is 16.8. The van der Waals surface area contributed by atoms with Crippen LogP contribution in [0.3, 0.4) is 0 Å². The molecule has 3 aliphatic heterocycles. The van der Waals surface area contributed by atoms with E-state index in [2.05, 4.69) is 0 Å². The fourth-order valence-corrected chi connectivity index (χ4v) is 5.60. The van der Waals surface area contributed by atoms with E-state index in [1.165, 1.54) is 0 Å². The lowest BCUT2D eigenvalue weighted by Gasteiger charge is -2.41. The number of esters is 2. The minimum absolute atomic E-state index is 0.152. The van der Waals surface area contributed by atoms with E-state index in [4.69, 9.17) is 33.2 Å². The summed E-state index contributed by atoms with van der Waals surface area (Å²) in [4.78, 5) is 29.0. The first-order valence-electron chi connectivity index (χ1n) is 12.8. The van der Waals surface area contributed by atoms with Crippen molar-refractivity contribution < 1.29 is 42.7 Å². The molecule has 3 aliphatic rings. The average molecular weight is 532 g/mol. The number of ether oxygens (including phenoxy) is 7. The van der Waals surface area contributed by atoms with Crippen LogP contribution in [0.5, 0.6) is 5.75 Å². The molecule has 3 heterocycles. The molecule has 0 bridgehead atoms. The van der Waals surface area contributed by atoms with Gasteiger partial charge in [0, 0.05) is 18.5 Å². The van der Waals surface area contributed by atoms with Crippen LogP contribution in [0.15, 0.2) is 46.8 Å². The third kappa shape index (κ3) is 4.82. The van der Waals surface area contributed by atoms with Gasteiger partial charge in [-0.3, -0.25) is 0 Å². The first-order chi connectivity index (χ1) is 18.1. The molecular formula is C28H37NO9. The van der Waals surface area contributed by atoms with Crippen molar-refractivity contribution in [3.63, 3.8) is 0 Å². The molecule has 0 aromatic heterocycles. The second-order valence-corrected chi connectivity index (χ2v) is 9.69. The lowest BCUT2D eigenvalue weighted by atomic mass is 9.78. The van der Waals surface area contributed by atoms with Crippen molar-refractivity contribution in [3.8, 4) is 5.75 Å². The fraction of sp³-hybridized carbons (Fsp3) is 0.571. The predicted molar refractivity (Wildman–Crippen MR) is 137 cm³/mol. The minimum Gasteiger partial charge on any atom is -0.495 e. The van der Waals surface area contributed by atoms with Crippen molar-refractivity contribution in [1.82, 2.24) is 0 Å². The molecule has 38 heavy (non-hydrogen) atoms. The van der Waals surface area contributed by atoms with Gasteiger partial charge < -0.3 is 38.1 Å². The van der Waals surface area contributed by atoms with Gasteiger partial charge in [0.25, 0.3) is 0 Å². The summed E-state index contributed by atoms with van der Waals surface area (Å²) in [6.07, 6.45) is -2.73. The first kappa shape index (κ1) is 28.1. The van der Waals surface area contributed by atoms with Crippen LogP contribution in [0.2, 0.25) is 0 Å². The third-order valence-electron chi connectivity index (χ3n) is 7.02. The smallest absolute Gasteiger partial charge is 0.336 e. The highest BCUT2D eigenvalue weighted by molar-refractivity contribution is 6.00. The van der Waals surface area contributed by atoms with Crippen molar-refractivity contribution in [2.24, 2.45) is 5.92 Å². The summed E-state index contributed by atoms with van der Waals surface area (Å²) in [5.41, 5.74) is 2.32. The van der Waals surface area contributed by atoms with Gasteiger partial charge in [-0.2, -0.15) is 0 Å². The Hall–Kier alpha value is -2.92. The topological polar surface area (TPSA) is 102 Å². The summed E-state index contributed by atoms with van der Waals surface area (Å²) in [6, 6.07) is 7.38. The number of nitrogens with zero attached hydrogens (tertiary/aromatic N) is 1.